The molecule has 0 saturated carbocycles. The van der Waals surface area contributed by atoms with Gasteiger partial charge in [0.05, 0.1) is 6.04 Å². The predicted octanol–water partition coefficient (Wildman–Crippen LogP) is 0.728. The van der Waals surface area contributed by atoms with Crippen LogP contribution in [-0.4, -0.2) is 25.3 Å². The van der Waals surface area contributed by atoms with Gasteiger partial charge in [-0.15, -0.1) is 6.42 Å². The lowest BCUT2D eigenvalue weighted by Crippen LogP contribution is -2.51. The summed E-state index contributed by atoms with van der Waals surface area (Å²) < 4.78 is 27.6. The van der Waals surface area contributed by atoms with E-state index in [0.29, 0.717) is 19.5 Å². The highest BCUT2D eigenvalue weighted by Crippen LogP contribution is 2.14. The third-order valence-corrected chi connectivity index (χ3v) is 4.28. The zero-order valence-electron chi connectivity index (χ0n) is 9.33. The monoisotopic (exact) mass is 250 g/mol. The van der Waals surface area contributed by atoms with E-state index in [2.05, 4.69) is 10.6 Å². The first kappa shape index (κ1) is 12.1. The minimum Gasteiger partial charge on any atom is -0.195 e. The van der Waals surface area contributed by atoms with Crippen molar-refractivity contribution in [3.63, 3.8) is 0 Å². The van der Waals surface area contributed by atoms with Crippen LogP contribution in [-0.2, 0) is 16.8 Å². The fourth-order valence-electron chi connectivity index (χ4n) is 1.77. The van der Waals surface area contributed by atoms with Gasteiger partial charge in [-0.3, -0.25) is 0 Å². The highest BCUT2D eigenvalue weighted by Gasteiger charge is 2.30. The average Bonchev–Trinajstić information content (AvgIpc) is 2.33. The maximum absolute atomic E-state index is 11.9. The predicted molar refractivity (Wildman–Crippen MR) is 66.1 cm³/mol. The summed E-state index contributed by atoms with van der Waals surface area (Å²) in [6.45, 7) is 0.840. The van der Waals surface area contributed by atoms with Crippen LogP contribution in [0.4, 0.5) is 0 Å². The number of hydrogen-bond donors (Lipinski definition) is 1. The molecule has 0 bridgehead atoms. The molecule has 0 aliphatic carbocycles. The van der Waals surface area contributed by atoms with Crippen LogP contribution in [0, 0.1) is 12.3 Å². The molecule has 0 aromatic heterocycles. The molecular weight excluding hydrogens is 236 g/mol. The van der Waals surface area contributed by atoms with Crippen molar-refractivity contribution in [2.24, 2.45) is 0 Å². The van der Waals surface area contributed by atoms with E-state index >= 15 is 0 Å². The van der Waals surface area contributed by atoms with Crippen molar-refractivity contribution in [1.29, 1.82) is 0 Å². The molecule has 1 N–H and O–H groups in total. The molecule has 0 amide bonds. The Hall–Kier alpha value is -1.35. The summed E-state index contributed by atoms with van der Waals surface area (Å²) >= 11 is 0. The van der Waals surface area contributed by atoms with Gasteiger partial charge in [0, 0.05) is 13.1 Å². The second-order valence-corrected chi connectivity index (χ2v) is 5.65. The summed E-state index contributed by atoms with van der Waals surface area (Å²) in [5, 5.41) is 0. The summed E-state index contributed by atoms with van der Waals surface area (Å²) in [7, 11) is -3.44. The van der Waals surface area contributed by atoms with Gasteiger partial charge in [0.2, 0.25) is 0 Å². The number of nitrogens with one attached hydrogen (secondary N) is 1. The van der Waals surface area contributed by atoms with Crippen molar-refractivity contribution in [3.8, 4) is 12.3 Å². The van der Waals surface area contributed by atoms with Gasteiger partial charge in [0.25, 0.3) is 10.2 Å². The van der Waals surface area contributed by atoms with Crippen molar-refractivity contribution in [2.75, 3.05) is 6.54 Å². The molecule has 1 atom stereocenters. The molecule has 0 radical (unpaired) electrons. The Bertz CT molecular complexity index is 519. The number of terminal acetylenes is 1. The number of rotatable bonds is 2. The Morgan fingerprint density at radius 2 is 2.12 bits per heavy atom. The van der Waals surface area contributed by atoms with Gasteiger partial charge in [0.15, 0.2) is 0 Å². The normalized spacial score (nSPS) is 24.1. The van der Waals surface area contributed by atoms with E-state index in [-0.39, 0.29) is 6.04 Å². The van der Waals surface area contributed by atoms with Crippen LogP contribution >= 0.6 is 0 Å². The van der Waals surface area contributed by atoms with Crippen LogP contribution in [0.5, 0.6) is 0 Å². The smallest absolute Gasteiger partial charge is 0.195 e. The lowest BCUT2D eigenvalue weighted by Gasteiger charge is -2.29. The van der Waals surface area contributed by atoms with Gasteiger partial charge in [-0.25, -0.2) is 0 Å². The molecule has 1 aromatic carbocycles. The standard InChI is InChI=1S/C12H14N2O2S/c1-2-12-8-9-14(17(15,16)13-12)10-11-6-4-3-5-7-11/h1,3-7,12-13H,8-10H2. The largest absolute Gasteiger partial charge is 0.280 e. The summed E-state index contributed by atoms with van der Waals surface area (Å²) in [5.41, 5.74) is 0.969. The van der Waals surface area contributed by atoms with Crippen molar-refractivity contribution < 1.29 is 8.42 Å². The summed E-state index contributed by atoms with van der Waals surface area (Å²) in [4.78, 5) is 0. The first-order valence-corrected chi connectivity index (χ1v) is 6.83. The first-order valence-electron chi connectivity index (χ1n) is 5.39. The molecule has 1 aromatic rings. The zero-order chi connectivity index (χ0) is 12.3. The van der Waals surface area contributed by atoms with E-state index in [0.717, 1.165) is 5.56 Å². The van der Waals surface area contributed by atoms with Crippen LogP contribution in [0.3, 0.4) is 0 Å². The molecule has 1 aliphatic heterocycles. The lowest BCUT2D eigenvalue weighted by atomic mass is 10.2. The fourth-order valence-corrected chi connectivity index (χ4v) is 3.13. The van der Waals surface area contributed by atoms with Crippen LogP contribution in [0.1, 0.15) is 12.0 Å². The first-order chi connectivity index (χ1) is 8.12. The van der Waals surface area contributed by atoms with Crippen LogP contribution in [0.2, 0.25) is 0 Å². The van der Waals surface area contributed by atoms with E-state index in [1.54, 1.807) is 0 Å². The van der Waals surface area contributed by atoms with Gasteiger partial charge >= 0.3 is 0 Å². The molecule has 1 unspecified atom stereocenters. The Balaban J connectivity index is 2.11. The third-order valence-electron chi connectivity index (χ3n) is 2.70. The molecule has 1 heterocycles. The molecule has 1 aliphatic rings. The Morgan fingerprint density at radius 1 is 1.41 bits per heavy atom. The summed E-state index contributed by atoms with van der Waals surface area (Å²) in [6, 6.07) is 9.12. The second kappa shape index (κ2) is 4.88. The van der Waals surface area contributed by atoms with Gasteiger partial charge in [-0.05, 0) is 12.0 Å². The third kappa shape index (κ3) is 2.86. The lowest BCUT2D eigenvalue weighted by molar-refractivity contribution is 0.354. The van der Waals surface area contributed by atoms with Crippen molar-refractivity contribution in [3.05, 3.63) is 35.9 Å². The van der Waals surface area contributed by atoms with E-state index in [9.17, 15) is 8.42 Å². The van der Waals surface area contributed by atoms with Crippen molar-refractivity contribution in [1.82, 2.24) is 9.03 Å². The minimum atomic E-state index is -3.44. The maximum atomic E-state index is 11.9. The summed E-state index contributed by atoms with van der Waals surface area (Å²) in [6.07, 6.45) is 5.87. The SMILES string of the molecule is C#CC1CCN(Cc2ccccc2)S(=O)(=O)N1. The molecular formula is C12H14N2O2S. The Kier molecular flexibility index (Phi) is 3.48. The highest BCUT2D eigenvalue weighted by molar-refractivity contribution is 7.87. The molecule has 1 fully saturated rings. The van der Waals surface area contributed by atoms with Crippen molar-refractivity contribution >= 4 is 10.2 Å². The molecule has 4 nitrogen and oxygen atoms in total. The van der Waals surface area contributed by atoms with Gasteiger partial charge in [-0.2, -0.15) is 17.4 Å². The van der Waals surface area contributed by atoms with E-state index < -0.39 is 10.2 Å². The molecule has 90 valence electrons. The highest BCUT2D eigenvalue weighted by atomic mass is 32.2. The molecule has 0 spiro atoms. The second-order valence-electron chi connectivity index (χ2n) is 3.95. The molecule has 2 rings (SSSR count). The fraction of sp³-hybridized carbons (Fsp3) is 0.333. The van der Waals surface area contributed by atoms with E-state index in [4.69, 9.17) is 6.42 Å². The molecule has 17 heavy (non-hydrogen) atoms. The van der Waals surface area contributed by atoms with Crippen molar-refractivity contribution in [2.45, 2.75) is 19.0 Å². The summed E-state index contributed by atoms with van der Waals surface area (Å²) in [5.74, 6) is 2.43. The van der Waals surface area contributed by atoms with E-state index in [1.165, 1.54) is 4.31 Å². The average molecular weight is 250 g/mol. The maximum Gasteiger partial charge on any atom is 0.280 e. The van der Waals surface area contributed by atoms with E-state index in [1.807, 2.05) is 30.3 Å². The van der Waals surface area contributed by atoms with Crippen LogP contribution in [0.15, 0.2) is 30.3 Å². The Labute approximate surface area is 102 Å². The number of hydrogen-bond acceptors (Lipinski definition) is 2. The quantitative estimate of drug-likeness (QED) is 0.787. The van der Waals surface area contributed by atoms with Gasteiger partial charge < -0.3 is 0 Å². The van der Waals surface area contributed by atoms with Crippen LogP contribution < -0.4 is 4.72 Å². The van der Waals surface area contributed by atoms with Gasteiger partial charge in [0.1, 0.15) is 0 Å². The molecule has 1 saturated heterocycles. The van der Waals surface area contributed by atoms with Crippen LogP contribution in [0.25, 0.3) is 0 Å². The topological polar surface area (TPSA) is 49.4 Å². The number of nitrogens with zero attached hydrogens (tertiary/aromatic N) is 1. The molecule has 5 heteroatoms. The number of benzene rings is 1. The zero-order valence-corrected chi connectivity index (χ0v) is 10.2. The van der Waals surface area contributed by atoms with Gasteiger partial charge in [-0.1, -0.05) is 36.3 Å². The minimum absolute atomic E-state index is 0.382. The Morgan fingerprint density at radius 3 is 2.71 bits per heavy atom.